The summed E-state index contributed by atoms with van der Waals surface area (Å²) in [4.78, 5) is 22.1. The molecule has 0 aliphatic rings. The van der Waals surface area contributed by atoms with Gasteiger partial charge in [-0.05, 0) is 26.2 Å². The van der Waals surface area contributed by atoms with Gasteiger partial charge < -0.3 is 14.9 Å². The summed E-state index contributed by atoms with van der Waals surface area (Å²) in [6, 6.07) is 0. The molecular formula is C13H20O5. The molecule has 102 valence electrons. The first-order valence-electron chi connectivity index (χ1n) is 5.79. The van der Waals surface area contributed by atoms with Crippen LogP contribution in [-0.4, -0.2) is 34.9 Å². The molecular weight excluding hydrogens is 236 g/mol. The topological polar surface area (TPSA) is 83.8 Å². The molecule has 0 rings (SSSR count). The Morgan fingerprint density at radius 3 is 2.33 bits per heavy atom. The van der Waals surface area contributed by atoms with Crippen molar-refractivity contribution >= 4 is 11.9 Å². The molecule has 0 saturated heterocycles. The van der Waals surface area contributed by atoms with E-state index in [-0.39, 0.29) is 18.6 Å². The molecule has 0 heterocycles. The lowest BCUT2D eigenvalue weighted by Gasteiger charge is -2.14. The molecule has 0 aromatic heterocycles. The van der Waals surface area contributed by atoms with Crippen LogP contribution in [0.5, 0.6) is 0 Å². The lowest BCUT2D eigenvalue weighted by molar-refractivity contribution is -0.144. The molecule has 0 bridgehead atoms. The summed E-state index contributed by atoms with van der Waals surface area (Å²) < 4.78 is 5.04. The molecule has 0 radical (unpaired) electrons. The summed E-state index contributed by atoms with van der Waals surface area (Å²) in [5.41, 5.74) is 0.331. The average Bonchev–Trinajstić information content (AvgIpc) is 2.28. The number of carboxylic acid groups (broad SMARTS) is 1. The number of aliphatic hydroxyl groups is 1. The summed E-state index contributed by atoms with van der Waals surface area (Å²) in [6.45, 7) is 8.65. The lowest BCUT2D eigenvalue weighted by Crippen LogP contribution is -2.18. The van der Waals surface area contributed by atoms with Crippen molar-refractivity contribution in [3.05, 3.63) is 24.3 Å². The summed E-state index contributed by atoms with van der Waals surface area (Å²) in [5, 5.41) is 17.2. The minimum Gasteiger partial charge on any atom is -0.478 e. The van der Waals surface area contributed by atoms with Crippen molar-refractivity contribution in [2.24, 2.45) is 0 Å². The highest BCUT2D eigenvalue weighted by Gasteiger charge is 2.15. The summed E-state index contributed by atoms with van der Waals surface area (Å²) in [6.07, 6.45) is 1.28. The molecule has 0 aromatic rings. The van der Waals surface area contributed by atoms with Gasteiger partial charge in [0.25, 0.3) is 0 Å². The quantitative estimate of drug-likeness (QED) is 0.372. The number of carbonyl (C=O) groups excluding carboxylic acids is 1. The van der Waals surface area contributed by atoms with Crippen LogP contribution in [0.3, 0.4) is 0 Å². The van der Waals surface area contributed by atoms with Crippen molar-refractivity contribution in [3.63, 3.8) is 0 Å². The molecule has 5 nitrogen and oxygen atoms in total. The Bertz CT molecular complexity index is 332. The van der Waals surface area contributed by atoms with Gasteiger partial charge in [-0.3, -0.25) is 0 Å². The maximum atomic E-state index is 11.5. The number of ether oxygens (including phenoxy) is 1. The van der Waals surface area contributed by atoms with Crippen LogP contribution in [0.4, 0.5) is 0 Å². The number of hydrogen-bond acceptors (Lipinski definition) is 4. The van der Waals surface area contributed by atoms with Crippen molar-refractivity contribution in [1.29, 1.82) is 0 Å². The van der Waals surface area contributed by atoms with Crippen molar-refractivity contribution < 1.29 is 24.5 Å². The molecule has 1 atom stereocenters. The van der Waals surface area contributed by atoms with Crippen LogP contribution in [-0.2, 0) is 14.3 Å². The molecule has 0 amide bonds. The highest BCUT2D eigenvalue weighted by atomic mass is 16.5. The maximum Gasteiger partial charge on any atom is 0.333 e. The largest absolute Gasteiger partial charge is 0.478 e. The van der Waals surface area contributed by atoms with Gasteiger partial charge in [-0.2, -0.15) is 0 Å². The number of aliphatic hydroxyl groups excluding tert-OH is 1. The van der Waals surface area contributed by atoms with Crippen LogP contribution >= 0.6 is 0 Å². The second-order valence-electron chi connectivity index (χ2n) is 4.11. The Labute approximate surface area is 107 Å². The smallest absolute Gasteiger partial charge is 0.333 e. The molecule has 5 heteroatoms. The minimum absolute atomic E-state index is 0.00110. The third kappa shape index (κ3) is 6.85. The third-order valence-electron chi connectivity index (χ3n) is 2.32. The number of esters is 1. The fraction of sp³-hybridized carbons (Fsp3) is 0.538. The van der Waals surface area contributed by atoms with Crippen molar-refractivity contribution in [1.82, 2.24) is 0 Å². The summed E-state index contributed by atoms with van der Waals surface area (Å²) in [5.74, 6) is -1.63. The number of carboxylic acids is 1. The van der Waals surface area contributed by atoms with E-state index in [2.05, 4.69) is 13.2 Å². The van der Waals surface area contributed by atoms with Crippen molar-refractivity contribution in [2.45, 2.75) is 38.7 Å². The summed E-state index contributed by atoms with van der Waals surface area (Å²) in [7, 11) is 0. The zero-order valence-electron chi connectivity index (χ0n) is 10.6. The number of unbranched alkanes of at least 4 members (excludes halogenated alkanes) is 1. The van der Waals surface area contributed by atoms with E-state index in [1.807, 2.05) is 0 Å². The van der Waals surface area contributed by atoms with Gasteiger partial charge in [-0.25, -0.2) is 9.59 Å². The zero-order valence-corrected chi connectivity index (χ0v) is 10.6. The Morgan fingerprint density at radius 1 is 1.22 bits per heavy atom. The van der Waals surface area contributed by atoms with Gasteiger partial charge in [-0.1, -0.05) is 13.2 Å². The van der Waals surface area contributed by atoms with E-state index in [0.717, 1.165) is 0 Å². The van der Waals surface area contributed by atoms with Gasteiger partial charge in [0.1, 0.15) is 6.10 Å². The fourth-order valence-electron chi connectivity index (χ4n) is 1.29. The number of aliphatic carboxylic acids is 1. The predicted octanol–water partition coefficient (Wildman–Crippen LogP) is 1.67. The van der Waals surface area contributed by atoms with E-state index in [1.165, 1.54) is 0 Å². The first-order chi connectivity index (χ1) is 8.38. The van der Waals surface area contributed by atoms with E-state index in [9.17, 15) is 9.59 Å². The van der Waals surface area contributed by atoms with E-state index in [4.69, 9.17) is 14.9 Å². The van der Waals surface area contributed by atoms with Crippen LogP contribution in [0.2, 0.25) is 0 Å². The fourth-order valence-corrected chi connectivity index (χ4v) is 1.29. The van der Waals surface area contributed by atoms with Crippen LogP contribution in [0.1, 0.15) is 32.6 Å². The molecule has 1 unspecified atom stereocenters. The Hall–Kier alpha value is -1.62. The van der Waals surface area contributed by atoms with Gasteiger partial charge in [0.2, 0.25) is 0 Å². The Balaban J connectivity index is 4.03. The molecule has 0 aromatic carbocycles. The molecule has 0 saturated carbocycles. The molecule has 0 aliphatic heterocycles. The van der Waals surface area contributed by atoms with E-state index in [0.29, 0.717) is 24.8 Å². The molecule has 0 aliphatic carbocycles. The second-order valence-corrected chi connectivity index (χ2v) is 4.11. The van der Waals surface area contributed by atoms with Gasteiger partial charge in [0.15, 0.2) is 0 Å². The Morgan fingerprint density at radius 2 is 1.83 bits per heavy atom. The Kier molecular flexibility index (Phi) is 7.71. The first kappa shape index (κ1) is 16.4. The van der Waals surface area contributed by atoms with Crippen LogP contribution in [0.15, 0.2) is 24.3 Å². The molecule has 2 N–H and O–H groups in total. The first-order valence-corrected chi connectivity index (χ1v) is 5.79. The highest BCUT2D eigenvalue weighted by molar-refractivity contribution is 5.88. The number of carbonyl (C=O) groups is 2. The highest BCUT2D eigenvalue weighted by Crippen LogP contribution is 2.12. The lowest BCUT2D eigenvalue weighted by atomic mass is 10.1. The summed E-state index contributed by atoms with van der Waals surface area (Å²) >= 11 is 0. The van der Waals surface area contributed by atoms with Crippen LogP contribution < -0.4 is 0 Å². The van der Waals surface area contributed by atoms with Gasteiger partial charge in [0, 0.05) is 24.2 Å². The van der Waals surface area contributed by atoms with E-state index >= 15 is 0 Å². The van der Waals surface area contributed by atoms with Gasteiger partial charge in [-0.15, -0.1) is 0 Å². The predicted molar refractivity (Wildman–Crippen MR) is 67.0 cm³/mol. The van der Waals surface area contributed by atoms with Crippen molar-refractivity contribution in [3.8, 4) is 0 Å². The van der Waals surface area contributed by atoms with Gasteiger partial charge in [0.05, 0.1) is 0 Å². The van der Waals surface area contributed by atoms with E-state index in [1.54, 1.807) is 6.92 Å². The standard InChI is InChI=1S/C13H20O5/c1-9(6-4-5-7-14)13(17)18-11(3)8-10(2)12(15)16/h11,14H,1-2,4-8H2,3H3,(H,15,16). The average molecular weight is 256 g/mol. The van der Waals surface area contributed by atoms with Gasteiger partial charge >= 0.3 is 11.9 Å². The monoisotopic (exact) mass is 256 g/mol. The normalized spacial score (nSPS) is 11.7. The minimum atomic E-state index is -1.10. The zero-order chi connectivity index (χ0) is 14.1. The third-order valence-corrected chi connectivity index (χ3v) is 2.32. The number of hydrogen-bond donors (Lipinski definition) is 2. The SMILES string of the molecule is C=C(CC(C)OC(=O)C(=C)CCCCO)C(=O)O. The number of rotatable bonds is 9. The van der Waals surface area contributed by atoms with Crippen LogP contribution in [0.25, 0.3) is 0 Å². The molecule has 0 spiro atoms. The molecule has 18 heavy (non-hydrogen) atoms. The van der Waals surface area contributed by atoms with Crippen LogP contribution in [0, 0.1) is 0 Å². The second kappa shape index (κ2) is 8.47. The van der Waals surface area contributed by atoms with E-state index < -0.39 is 18.0 Å². The van der Waals surface area contributed by atoms with Crippen molar-refractivity contribution in [2.75, 3.05) is 6.61 Å². The maximum absolute atomic E-state index is 11.5. The molecule has 0 fully saturated rings.